The molecule has 3 aromatic carbocycles. The highest BCUT2D eigenvalue weighted by atomic mass is 35.5. The summed E-state index contributed by atoms with van der Waals surface area (Å²) < 4.78 is 28.5. The standard InChI is InChI=1S/C26H28ClN3O4S/c1-2-3-17-29-26(32)21-11-9-19(10-12-21)18-30(24(25(28)31)20-7-5-4-6-8-20)35(33,34)23-15-13-22(27)14-16-23/h4-16,24H,2-3,17-18H2,1H3,(H2,28,31)(H,29,32)/t24-/m1/s1. The monoisotopic (exact) mass is 513 g/mol. The molecule has 0 bridgehead atoms. The Labute approximate surface area is 211 Å². The van der Waals surface area contributed by atoms with Crippen LogP contribution in [0.5, 0.6) is 0 Å². The Morgan fingerprint density at radius 2 is 1.60 bits per heavy atom. The smallest absolute Gasteiger partial charge is 0.251 e. The van der Waals surface area contributed by atoms with Crippen LogP contribution in [0.25, 0.3) is 0 Å². The van der Waals surface area contributed by atoms with E-state index in [9.17, 15) is 18.0 Å². The van der Waals surface area contributed by atoms with Crippen molar-refractivity contribution in [1.29, 1.82) is 0 Å². The molecule has 0 heterocycles. The molecule has 184 valence electrons. The fourth-order valence-corrected chi connectivity index (χ4v) is 5.29. The van der Waals surface area contributed by atoms with Crippen molar-refractivity contribution >= 4 is 33.4 Å². The van der Waals surface area contributed by atoms with Crippen LogP contribution in [0.2, 0.25) is 5.02 Å². The first-order chi connectivity index (χ1) is 16.7. The molecule has 0 radical (unpaired) electrons. The van der Waals surface area contributed by atoms with E-state index < -0.39 is 22.0 Å². The van der Waals surface area contributed by atoms with Crippen molar-refractivity contribution in [2.75, 3.05) is 6.54 Å². The number of nitrogens with two attached hydrogens (primary N) is 1. The second-order valence-electron chi connectivity index (χ2n) is 8.03. The number of halogens is 1. The van der Waals surface area contributed by atoms with Crippen LogP contribution in [0.3, 0.4) is 0 Å². The van der Waals surface area contributed by atoms with Gasteiger partial charge in [0.05, 0.1) is 4.90 Å². The maximum Gasteiger partial charge on any atom is 0.251 e. The number of nitrogens with one attached hydrogen (secondary N) is 1. The summed E-state index contributed by atoms with van der Waals surface area (Å²) in [6.45, 7) is 2.49. The zero-order valence-corrected chi connectivity index (χ0v) is 20.9. The fraction of sp³-hybridized carbons (Fsp3) is 0.231. The van der Waals surface area contributed by atoms with Gasteiger partial charge in [0.25, 0.3) is 5.91 Å². The number of carbonyl (C=O) groups is 2. The van der Waals surface area contributed by atoms with Crippen LogP contribution in [0.15, 0.2) is 83.8 Å². The van der Waals surface area contributed by atoms with Gasteiger partial charge in [-0.15, -0.1) is 0 Å². The molecule has 0 aliphatic carbocycles. The van der Waals surface area contributed by atoms with Gasteiger partial charge in [-0.2, -0.15) is 4.31 Å². The second kappa shape index (κ2) is 12.0. The molecule has 0 aliphatic rings. The summed E-state index contributed by atoms with van der Waals surface area (Å²) in [7, 11) is -4.16. The third-order valence-electron chi connectivity index (χ3n) is 5.46. The van der Waals surface area contributed by atoms with Crippen molar-refractivity contribution in [3.05, 3.63) is 101 Å². The zero-order chi connectivity index (χ0) is 25.4. The van der Waals surface area contributed by atoms with E-state index in [0.29, 0.717) is 28.3 Å². The number of rotatable bonds is 11. The molecule has 7 nitrogen and oxygen atoms in total. The Hall–Kier alpha value is -3.20. The molecule has 0 aromatic heterocycles. The van der Waals surface area contributed by atoms with E-state index in [1.165, 1.54) is 24.3 Å². The third-order valence-corrected chi connectivity index (χ3v) is 7.54. The number of primary amides is 1. The summed E-state index contributed by atoms with van der Waals surface area (Å²) in [5, 5.41) is 3.23. The molecule has 3 N–H and O–H groups in total. The maximum atomic E-state index is 13.7. The van der Waals surface area contributed by atoms with Gasteiger partial charge < -0.3 is 11.1 Å². The minimum absolute atomic E-state index is 0.0176. The number of hydrogen-bond donors (Lipinski definition) is 2. The molecule has 2 amide bonds. The number of unbranched alkanes of at least 4 members (excludes halogenated alkanes) is 1. The average molecular weight is 514 g/mol. The lowest BCUT2D eigenvalue weighted by molar-refractivity contribution is -0.122. The second-order valence-corrected chi connectivity index (χ2v) is 10.4. The van der Waals surface area contributed by atoms with Crippen molar-refractivity contribution in [3.8, 4) is 0 Å². The summed E-state index contributed by atoms with van der Waals surface area (Å²) >= 11 is 5.95. The Morgan fingerprint density at radius 3 is 2.17 bits per heavy atom. The summed E-state index contributed by atoms with van der Waals surface area (Å²) in [5.74, 6) is -1.00. The number of benzene rings is 3. The minimum Gasteiger partial charge on any atom is -0.368 e. The fourth-order valence-electron chi connectivity index (χ4n) is 3.59. The van der Waals surface area contributed by atoms with Crippen LogP contribution < -0.4 is 11.1 Å². The first-order valence-corrected chi connectivity index (χ1v) is 13.0. The molecular formula is C26H28ClN3O4S. The maximum absolute atomic E-state index is 13.7. The van der Waals surface area contributed by atoms with E-state index in [1.54, 1.807) is 54.6 Å². The first kappa shape index (κ1) is 26.4. The van der Waals surface area contributed by atoms with Crippen molar-refractivity contribution in [2.24, 2.45) is 5.73 Å². The van der Waals surface area contributed by atoms with E-state index >= 15 is 0 Å². The molecule has 0 spiro atoms. The molecule has 1 atom stereocenters. The summed E-state index contributed by atoms with van der Waals surface area (Å²) in [5.41, 5.74) is 7.23. The predicted molar refractivity (Wildman–Crippen MR) is 136 cm³/mol. The SMILES string of the molecule is CCCCNC(=O)c1ccc(CN([C@@H](C(N)=O)c2ccccc2)S(=O)(=O)c2ccc(Cl)cc2)cc1. The summed E-state index contributed by atoms with van der Waals surface area (Å²) in [4.78, 5) is 24.9. The Kier molecular flexibility index (Phi) is 9.03. The molecule has 0 unspecified atom stereocenters. The van der Waals surface area contributed by atoms with Crippen molar-refractivity contribution < 1.29 is 18.0 Å². The Bertz CT molecular complexity index is 1250. The van der Waals surface area contributed by atoms with Gasteiger partial charge in [0.15, 0.2) is 0 Å². The molecular weight excluding hydrogens is 486 g/mol. The number of carbonyl (C=O) groups excluding carboxylic acids is 2. The number of hydrogen-bond acceptors (Lipinski definition) is 4. The van der Waals surface area contributed by atoms with Crippen LogP contribution in [0.4, 0.5) is 0 Å². The van der Waals surface area contributed by atoms with E-state index in [4.69, 9.17) is 17.3 Å². The number of nitrogens with zero attached hydrogens (tertiary/aromatic N) is 1. The van der Waals surface area contributed by atoms with Crippen LogP contribution in [-0.2, 0) is 21.4 Å². The predicted octanol–water partition coefficient (Wildman–Crippen LogP) is 4.29. The van der Waals surface area contributed by atoms with Crippen LogP contribution in [0, 0.1) is 0 Å². The normalized spacial score (nSPS) is 12.3. The number of sulfonamides is 1. The van der Waals surface area contributed by atoms with Gasteiger partial charge in [-0.25, -0.2) is 8.42 Å². The van der Waals surface area contributed by atoms with Gasteiger partial charge >= 0.3 is 0 Å². The molecule has 9 heteroatoms. The summed E-state index contributed by atoms with van der Waals surface area (Å²) in [6.07, 6.45) is 1.86. The largest absolute Gasteiger partial charge is 0.368 e. The average Bonchev–Trinajstić information content (AvgIpc) is 2.85. The van der Waals surface area contributed by atoms with Crippen LogP contribution in [-0.4, -0.2) is 31.1 Å². The molecule has 0 saturated heterocycles. The quantitative estimate of drug-likeness (QED) is 0.373. The van der Waals surface area contributed by atoms with Crippen LogP contribution in [0.1, 0.15) is 47.3 Å². The molecule has 3 aromatic rings. The Morgan fingerprint density at radius 1 is 0.971 bits per heavy atom. The minimum atomic E-state index is -4.16. The van der Waals surface area contributed by atoms with Gasteiger partial charge in [0.1, 0.15) is 6.04 Å². The molecule has 0 fully saturated rings. The van der Waals surface area contributed by atoms with Crippen molar-refractivity contribution in [1.82, 2.24) is 9.62 Å². The lowest BCUT2D eigenvalue weighted by atomic mass is 10.1. The lowest BCUT2D eigenvalue weighted by Gasteiger charge is -2.29. The van der Waals surface area contributed by atoms with E-state index in [2.05, 4.69) is 5.32 Å². The van der Waals surface area contributed by atoms with Gasteiger partial charge in [-0.1, -0.05) is 67.4 Å². The van der Waals surface area contributed by atoms with Gasteiger partial charge in [0.2, 0.25) is 15.9 Å². The molecule has 0 saturated carbocycles. The highest BCUT2D eigenvalue weighted by Gasteiger charge is 2.36. The van der Waals surface area contributed by atoms with Crippen LogP contribution >= 0.6 is 11.6 Å². The van der Waals surface area contributed by atoms with Gasteiger partial charge in [0, 0.05) is 23.7 Å². The lowest BCUT2D eigenvalue weighted by Crippen LogP contribution is -2.41. The number of amides is 2. The Balaban J connectivity index is 1.98. The van der Waals surface area contributed by atoms with Gasteiger partial charge in [-0.05, 0) is 53.9 Å². The summed E-state index contributed by atoms with van der Waals surface area (Å²) in [6, 6.07) is 19.6. The topological polar surface area (TPSA) is 110 Å². The zero-order valence-electron chi connectivity index (χ0n) is 19.4. The first-order valence-electron chi connectivity index (χ1n) is 11.2. The highest BCUT2D eigenvalue weighted by Crippen LogP contribution is 2.30. The van der Waals surface area contributed by atoms with E-state index in [0.717, 1.165) is 17.1 Å². The molecule has 3 rings (SSSR count). The van der Waals surface area contributed by atoms with E-state index in [-0.39, 0.29) is 17.3 Å². The van der Waals surface area contributed by atoms with Gasteiger partial charge in [-0.3, -0.25) is 9.59 Å². The molecule has 0 aliphatic heterocycles. The third kappa shape index (κ3) is 6.69. The van der Waals surface area contributed by atoms with Crippen molar-refractivity contribution in [3.63, 3.8) is 0 Å². The highest BCUT2D eigenvalue weighted by molar-refractivity contribution is 7.89. The molecule has 35 heavy (non-hydrogen) atoms. The van der Waals surface area contributed by atoms with E-state index in [1.807, 2.05) is 6.92 Å². The van der Waals surface area contributed by atoms with Crippen molar-refractivity contribution in [2.45, 2.75) is 37.2 Å².